The van der Waals surface area contributed by atoms with Crippen molar-refractivity contribution in [3.8, 4) is 0 Å². The first-order valence-electron chi connectivity index (χ1n) is 13.9. The van der Waals surface area contributed by atoms with Crippen molar-refractivity contribution < 1.29 is 23.9 Å². The van der Waals surface area contributed by atoms with Crippen LogP contribution < -0.4 is 10.6 Å². The smallest absolute Gasteiger partial charge is 0.408 e. The molecule has 1 saturated heterocycles. The summed E-state index contributed by atoms with van der Waals surface area (Å²) in [6, 6.07) is 22.1. The Morgan fingerprint density at radius 3 is 2.27 bits per heavy atom. The average molecular weight is 557 g/mol. The Morgan fingerprint density at radius 2 is 1.54 bits per heavy atom. The number of nitrogens with one attached hydrogen (secondary N) is 2. The van der Waals surface area contributed by atoms with Crippen LogP contribution >= 0.6 is 0 Å². The number of fused-ring (bicyclic) bond motifs is 1. The van der Waals surface area contributed by atoms with Crippen LogP contribution in [0.1, 0.15) is 35.2 Å². The SMILES string of the molecule is C=CC(=O)NCCCCC(NC(=O)OCc1ccccc1)C(=O)N1CCN(C(=O)c2ccc3ccccc3c2)CC1. The van der Waals surface area contributed by atoms with Crippen LogP contribution in [0.25, 0.3) is 10.8 Å². The Labute approximate surface area is 240 Å². The maximum Gasteiger partial charge on any atom is 0.408 e. The molecule has 0 aliphatic carbocycles. The largest absolute Gasteiger partial charge is 0.445 e. The lowest BCUT2D eigenvalue weighted by Gasteiger charge is -2.36. The lowest BCUT2D eigenvalue weighted by molar-refractivity contribution is -0.135. The van der Waals surface area contributed by atoms with Crippen LogP contribution in [0, 0.1) is 0 Å². The molecule has 41 heavy (non-hydrogen) atoms. The third-order valence-corrected chi connectivity index (χ3v) is 7.08. The summed E-state index contributed by atoms with van der Waals surface area (Å²) >= 11 is 0. The number of alkyl carbamates (subject to hydrolysis) is 1. The van der Waals surface area contributed by atoms with Crippen molar-refractivity contribution in [2.75, 3.05) is 32.7 Å². The van der Waals surface area contributed by atoms with Gasteiger partial charge in [0.2, 0.25) is 11.8 Å². The van der Waals surface area contributed by atoms with Gasteiger partial charge in [-0.1, -0.05) is 67.2 Å². The van der Waals surface area contributed by atoms with E-state index in [9.17, 15) is 19.2 Å². The maximum absolute atomic E-state index is 13.5. The lowest BCUT2D eigenvalue weighted by Crippen LogP contribution is -2.55. The molecule has 0 spiro atoms. The molecule has 9 heteroatoms. The Kier molecular flexibility index (Phi) is 10.5. The van der Waals surface area contributed by atoms with Crippen LogP contribution in [0.2, 0.25) is 0 Å². The topological polar surface area (TPSA) is 108 Å². The monoisotopic (exact) mass is 556 g/mol. The highest BCUT2D eigenvalue weighted by atomic mass is 16.5. The molecule has 1 unspecified atom stereocenters. The van der Waals surface area contributed by atoms with E-state index in [1.54, 1.807) is 9.80 Å². The van der Waals surface area contributed by atoms with Gasteiger partial charge in [0.15, 0.2) is 0 Å². The number of hydrogen-bond acceptors (Lipinski definition) is 5. The van der Waals surface area contributed by atoms with Gasteiger partial charge in [0, 0.05) is 38.3 Å². The van der Waals surface area contributed by atoms with E-state index in [2.05, 4.69) is 17.2 Å². The quantitative estimate of drug-likeness (QED) is 0.275. The van der Waals surface area contributed by atoms with E-state index in [1.807, 2.05) is 72.8 Å². The van der Waals surface area contributed by atoms with Gasteiger partial charge < -0.3 is 25.2 Å². The van der Waals surface area contributed by atoms with E-state index < -0.39 is 12.1 Å². The number of nitrogens with zero attached hydrogens (tertiary/aromatic N) is 2. The zero-order chi connectivity index (χ0) is 29.0. The summed E-state index contributed by atoms with van der Waals surface area (Å²) in [5.41, 5.74) is 1.46. The number of hydrogen-bond donors (Lipinski definition) is 2. The molecule has 1 fully saturated rings. The van der Waals surface area contributed by atoms with E-state index in [1.165, 1.54) is 6.08 Å². The van der Waals surface area contributed by atoms with Gasteiger partial charge in [0.25, 0.3) is 5.91 Å². The van der Waals surface area contributed by atoms with Crippen LogP contribution in [-0.2, 0) is 20.9 Å². The second-order valence-electron chi connectivity index (χ2n) is 9.93. The summed E-state index contributed by atoms with van der Waals surface area (Å²) in [6.45, 7) is 5.50. The summed E-state index contributed by atoms with van der Waals surface area (Å²) in [5, 5.41) is 7.53. The molecule has 0 radical (unpaired) electrons. The van der Waals surface area contributed by atoms with Gasteiger partial charge in [-0.25, -0.2) is 4.79 Å². The fourth-order valence-corrected chi connectivity index (χ4v) is 4.78. The van der Waals surface area contributed by atoms with Crippen molar-refractivity contribution in [2.45, 2.75) is 31.9 Å². The molecule has 1 heterocycles. The second kappa shape index (κ2) is 14.6. The molecule has 3 aromatic rings. The molecule has 2 N–H and O–H groups in total. The Morgan fingerprint density at radius 1 is 0.854 bits per heavy atom. The minimum Gasteiger partial charge on any atom is -0.445 e. The molecular formula is C32H36N4O5. The number of carbonyl (C=O) groups excluding carboxylic acids is 4. The summed E-state index contributed by atoms with van der Waals surface area (Å²) in [7, 11) is 0. The molecule has 1 atom stereocenters. The van der Waals surface area contributed by atoms with Crippen LogP contribution in [0.3, 0.4) is 0 Å². The van der Waals surface area contributed by atoms with Crippen molar-refractivity contribution in [1.82, 2.24) is 20.4 Å². The van der Waals surface area contributed by atoms with Crippen LogP contribution in [0.15, 0.2) is 85.5 Å². The average Bonchev–Trinajstić information content (AvgIpc) is 3.02. The van der Waals surface area contributed by atoms with Crippen molar-refractivity contribution in [1.29, 1.82) is 0 Å². The highest BCUT2D eigenvalue weighted by Crippen LogP contribution is 2.18. The van der Waals surface area contributed by atoms with Crippen molar-refractivity contribution in [2.24, 2.45) is 0 Å². The minimum atomic E-state index is -0.781. The van der Waals surface area contributed by atoms with Crippen molar-refractivity contribution >= 4 is 34.6 Å². The number of amides is 4. The Bertz CT molecular complexity index is 1370. The van der Waals surface area contributed by atoms with Gasteiger partial charge >= 0.3 is 6.09 Å². The Hall–Kier alpha value is -4.66. The summed E-state index contributed by atoms with van der Waals surface area (Å²) in [6.07, 6.45) is 2.17. The third-order valence-electron chi connectivity index (χ3n) is 7.08. The number of ether oxygens (including phenoxy) is 1. The molecule has 0 saturated carbocycles. The molecule has 4 amide bonds. The first-order valence-corrected chi connectivity index (χ1v) is 13.9. The molecular weight excluding hydrogens is 520 g/mol. The standard InChI is InChI=1S/C32H36N4O5/c1-2-29(37)33-17-9-8-14-28(34-32(40)41-23-24-10-4-3-5-11-24)31(39)36-20-18-35(19-21-36)30(38)27-16-15-25-12-6-7-13-26(25)22-27/h2-7,10-13,15-16,22,28H,1,8-9,14,17-21,23H2,(H,33,37)(H,34,40). The predicted octanol–water partition coefficient (Wildman–Crippen LogP) is 3.89. The maximum atomic E-state index is 13.5. The number of rotatable bonds is 11. The highest BCUT2D eigenvalue weighted by Gasteiger charge is 2.30. The molecule has 1 aliphatic rings. The first kappa shape index (κ1) is 29.3. The van der Waals surface area contributed by atoms with Gasteiger partial charge in [0.1, 0.15) is 12.6 Å². The Balaban J connectivity index is 1.33. The minimum absolute atomic E-state index is 0.0661. The van der Waals surface area contributed by atoms with Gasteiger partial charge in [-0.15, -0.1) is 0 Å². The molecule has 4 rings (SSSR count). The zero-order valence-corrected chi connectivity index (χ0v) is 23.1. The van der Waals surface area contributed by atoms with Gasteiger partial charge in [-0.3, -0.25) is 14.4 Å². The number of carbonyl (C=O) groups is 4. The van der Waals surface area contributed by atoms with E-state index in [-0.39, 0.29) is 24.3 Å². The zero-order valence-electron chi connectivity index (χ0n) is 23.1. The van der Waals surface area contributed by atoms with Gasteiger partial charge in [-0.05, 0) is 53.8 Å². The van der Waals surface area contributed by atoms with Gasteiger partial charge in [-0.2, -0.15) is 0 Å². The first-order chi connectivity index (χ1) is 19.9. The fraction of sp³-hybridized carbons (Fsp3) is 0.312. The van der Waals surface area contributed by atoms with Crippen LogP contribution in [-0.4, -0.2) is 72.4 Å². The predicted molar refractivity (Wildman–Crippen MR) is 157 cm³/mol. The molecule has 9 nitrogen and oxygen atoms in total. The number of unbranched alkanes of at least 4 members (excludes halogenated alkanes) is 1. The third kappa shape index (κ3) is 8.41. The second-order valence-corrected chi connectivity index (χ2v) is 9.93. The van der Waals surface area contributed by atoms with E-state index >= 15 is 0 Å². The number of benzene rings is 3. The summed E-state index contributed by atoms with van der Waals surface area (Å²) in [5.74, 6) is -0.533. The van der Waals surface area contributed by atoms with E-state index in [4.69, 9.17) is 4.74 Å². The summed E-state index contributed by atoms with van der Waals surface area (Å²) < 4.78 is 5.36. The molecule has 3 aromatic carbocycles. The molecule has 214 valence electrons. The van der Waals surface area contributed by atoms with E-state index in [0.29, 0.717) is 57.5 Å². The van der Waals surface area contributed by atoms with Crippen LogP contribution in [0.4, 0.5) is 4.79 Å². The normalized spacial score (nSPS) is 13.8. The van der Waals surface area contributed by atoms with Crippen molar-refractivity contribution in [3.63, 3.8) is 0 Å². The lowest BCUT2D eigenvalue weighted by atomic mass is 10.1. The molecule has 0 aromatic heterocycles. The van der Waals surface area contributed by atoms with Gasteiger partial charge in [0.05, 0.1) is 0 Å². The number of piperazine rings is 1. The molecule has 0 bridgehead atoms. The fourth-order valence-electron chi connectivity index (χ4n) is 4.78. The van der Waals surface area contributed by atoms with E-state index in [0.717, 1.165) is 16.3 Å². The van der Waals surface area contributed by atoms with Crippen LogP contribution in [0.5, 0.6) is 0 Å². The van der Waals surface area contributed by atoms with Crippen molar-refractivity contribution in [3.05, 3.63) is 96.6 Å². The summed E-state index contributed by atoms with van der Waals surface area (Å²) in [4.78, 5) is 54.1. The highest BCUT2D eigenvalue weighted by molar-refractivity contribution is 5.98. The molecule has 1 aliphatic heterocycles.